The first-order valence-electron chi connectivity index (χ1n) is 4.91. The van der Waals surface area contributed by atoms with Crippen LogP contribution in [0, 0.1) is 0 Å². The molecule has 0 spiro atoms. The van der Waals surface area contributed by atoms with Gasteiger partial charge in [-0.1, -0.05) is 17.7 Å². The number of methoxy groups -OCH3 is 1. The van der Waals surface area contributed by atoms with Gasteiger partial charge in [-0.3, -0.25) is 0 Å². The highest BCUT2D eigenvalue weighted by atomic mass is 35.5. The first-order chi connectivity index (χ1) is 7.66. The normalized spacial score (nSPS) is 10.1. The summed E-state index contributed by atoms with van der Waals surface area (Å²) in [6.07, 6.45) is 0.808. The van der Waals surface area contributed by atoms with E-state index >= 15 is 0 Å². The van der Waals surface area contributed by atoms with Crippen LogP contribution in [0.2, 0.25) is 5.02 Å². The molecule has 1 rings (SSSR count). The Morgan fingerprint density at radius 1 is 1.56 bits per heavy atom. The number of nitrogens with one attached hydrogen (secondary N) is 1. The van der Waals surface area contributed by atoms with E-state index in [1.807, 2.05) is 0 Å². The second-order valence-corrected chi connectivity index (χ2v) is 3.65. The summed E-state index contributed by atoms with van der Waals surface area (Å²) in [6.45, 7) is 1.28. The Labute approximate surface area is 99.2 Å². The number of halogens is 1. The zero-order valence-corrected chi connectivity index (χ0v) is 9.75. The topological polar surface area (TPSA) is 58.6 Å². The van der Waals surface area contributed by atoms with Crippen molar-refractivity contribution < 1.29 is 14.6 Å². The number of anilines is 1. The number of hydrogen-bond acceptors (Lipinski definition) is 3. The molecule has 0 atom stereocenters. The lowest BCUT2D eigenvalue weighted by atomic mass is 10.1. The maximum atomic E-state index is 11.0. The molecule has 2 N–H and O–H groups in total. The Bertz CT molecular complexity index is 368. The van der Waals surface area contributed by atoms with E-state index in [9.17, 15) is 4.79 Å². The summed E-state index contributed by atoms with van der Waals surface area (Å²) in [5.74, 6) is -1.03. The summed E-state index contributed by atoms with van der Waals surface area (Å²) in [6, 6.07) is 4.97. The molecule has 5 heteroatoms. The molecule has 0 heterocycles. The number of hydrogen-bond donors (Lipinski definition) is 2. The largest absolute Gasteiger partial charge is 0.478 e. The number of benzene rings is 1. The summed E-state index contributed by atoms with van der Waals surface area (Å²) in [7, 11) is 1.63. The van der Waals surface area contributed by atoms with E-state index in [-0.39, 0.29) is 10.6 Å². The number of carboxylic acid groups (broad SMARTS) is 1. The Hall–Kier alpha value is -1.26. The van der Waals surface area contributed by atoms with Crippen LogP contribution < -0.4 is 5.32 Å². The minimum Gasteiger partial charge on any atom is -0.478 e. The highest BCUT2D eigenvalue weighted by Crippen LogP contribution is 2.24. The van der Waals surface area contributed by atoms with E-state index in [4.69, 9.17) is 21.4 Å². The van der Waals surface area contributed by atoms with Crippen molar-refractivity contribution in [3.63, 3.8) is 0 Å². The monoisotopic (exact) mass is 243 g/mol. The summed E-state index contributed by atoms with van der Waals surface area (Å²) >= 11 is 5.82. The number of carbonyl (C=O) groups is 1. The van der Waals surface area contributed by atoms with Gasteiger partial charge in [-0.25, -0.2) is 4.79 Å². The molecule has 1 aromatic carbocycles. The van der Waals surface area contributed by atoms with Crippen molar-refractivity contribution in [3.8, 4) is 0 Å². The Kier molecular flexibility index (Phi) is 5.08. The fourth-order valence-electron chi connectivity index (χ4n) is 1.33. The molecule has 0 aliphatic carbocycles. The van der Waals surface area contributed by atoms with E-state index in [0.717, 1.165) is 6.42 Å². The maximum absolute atomic E-state index is 11.0. The molecule has 1 aromatic rings. The van der Waals surface area contributed by atoms with Gasteiger partial charge in [0, 0.05) is 20.3 Å². The standard InChI is InChI=1S/C11H14ClNO3/c1-16-7-3-6-13-9-5-2-4-8(12)10(9)11(14)15/h2,4-5,13H,3,6-7H2,1H3,(H,14,15). The Morgan fingerprint density at radius 3 is 2.94 bits per heavy atom. The summed E-state index contributed by atoms with van der Waals surface area (Å²) in [5, 5.41) is 12.3. The van der Waals surface area contributed by atoms with Gasteiger partial charge in [-0.15, -0.1) is 0 Å². The third-order valence-corrected chi connectivity index (χ3v) is 2.38. The molecule has 0 aliphatic heterocycles. The summed E-state index contributed by atoms with van der Waals surface area (Å²) in [5.41, 5.74) is 0.651. The van der Waals surface area contributed by atoms with Crippen LogP contribution >= 0.6 is 11.6 Å². The third kappa shape index (κ3) is 3.40. The van der Waals surface area contributed by atoms with E-state index in [0.29, 0.717) is 18.8 Å². The number of aromatic carboxylic acids is 1. The zero-order valence-electron chi connectivity index (χ0n) is 9.00. The second kappa shape index (κ2) is 6.35. The van der Waals surface area contributed by atoms with Crippen molar-refractivity contribution in [3.05, 3.63) is 28.8 Å². The van der Waals surface area contributed by atoms with Crippen molar-refractivity contribution in [2.45, 2.75) is 6.42 Å². The van der Waals surface area contributed by atoms with Gasteiger partial charge >= 0.3 is 5.97 Å². The summed E-state index contributed by atoms with van der Waals surface area (Å²) in [4.78, 5) is 11.0. The van der Waals surface area contributed by atoms with Crippen LogP contribution in [0.15, 0.2) is 18.2 Å². The fourth-order valence-corrected chi connectivity index (χ4v) is 1.58. The van der Waals surface area contributed by atoms with Crippen molar-refractivity contribution in [2.24, 2.45) is 0 Å². The SMILES string of the molecule is COCCCNc1cccc(Cl)c1C(=O)O. The van der Waals surface area contributed by atoms with Crippen LogP contribution in [0.1, 0.15) is 16.8 Å². The Balaban J connectivity index is 2.71. The number of ether oxygens (including phenoxy) is 1. The lowest BCUT2D eigenvalue weighted by molar-refractivity contribution is 0.0698. The summed E-state index contributed by atoms with van der Waals surface area (Å²) < 4.78 is 4.90. The second-order valence-electron chi connectivity index (χ2n) is 3.24. The molecule has 16 heavy (non-hydrogen) atoms. The van der Waals surface area contributed by atoms with Crippen molar-refractivity contribution >= 4 is 23.3 Å². The van der Waals surface area contributed by atoms with E-state index in [1.165, 1.54) is 0 Å². The van der Waals surface area contributed by atoms with Crippen molar-refractivity contribution in [1.82, 2.24) is 0 Å². The Morgan fingerprint density at radius 2 is 2.31 bits per heavy atom. The molecule has 0 saturated heterocycles. The minimum absolute atomic E-state index is 0.113. The molecule has 0 fully saturated rings. The van der Waals surface area contributed by atoms with E-state index < -0.39 is 5.97 Å². The van der Waals surface area contributed by atoms with Gasteiger partial charge in [-0.2, -0.15) is 0 Å². The van der Waals surface area contributed by atoms with Crippen molar-refractivity contribution in [2.75, 3.05) is 25.6 Å². The molecule has 0 aromatic heterocycles. The molecule has 0 amide bonds. The first-order valence-corrected chi connectivity index (χ1v) is 5.29. The highest BCUT2D eigenvalue weighted by molar-refractivity contribution is 6.34. The van der Waals surface area contributed by atoms with Gasteiger partial charge in [0.1, 0.15) is 5.56 Å². The van der Waals surface area contributed by atoms with Gasteiger partial charge in [0.25, 0.3) is 0 Å². The van der Waals surface area contributed by atoms with E-state index in [1.54, 1.807) is 25.3 Å². The van der Waals surface area contributed by atoms with Gasteiger partial charge in [-0.05, 0) is 18.6 Å². The number of carboxylic acids is 1. The average molecular weight is 244 g/mol. The predicted molar refractivity (Wildman–Crippen MR) is 63.4 cm³/mol. The fraction of sp³-hybridized carbons (Fsp3) is 0.364. The molecule has 0 aliphatic rings. The average Bonchev–Trinajstić information content (AvgIpc) is 2.24. The third-order valence-electron chi connectivity index (χ3n) is 2.07. The zero-order chi connectivity index (χ0) is 12.0. The van der Waals surface area contributed by atoms with Crippen LogP contribution in [-0.4, -0.2) is 31.3 Å². The highest BCUT2D eigenvalue weighted by Gasteiger charge is 2.13. The smallest absolute Gasteiger partial charge is 0.339 e. The quantitative estimate of drug-likeness (QED) is 0.754. The van der Waals surface area contributed by atoms with E-state index in [2.05, 4.69) is 5.32 Å². The molecular formula is C11H14ClNO3. The van der Waals surface area contributed by atoms with Gasteiger partial charge in [0.2, 0.25) is 0 Å². The van der Waals surface area contributed by atoms with Crippen LogP contribution in [0.5, 0.6) is 0 Å². The maximum Gasteiger partial charge on any atom is 0.339 e. The van der Waals surface area contributed by atoms with Gasteiger partial charge in [0.05, 0.1) is 10.7 Å². The lowest BCUT2D eigenvalue weighted by Crippen LogP contribution is -2.09. The van der Waals surface area contributed by atoms with Gasteiger partial charge < -0.3 is 15.2 Å². The van der Waals surface area contributed by atoms with Crippen LogP contribution in [0.4, 0.5) is 5.69 Å². The van der Waals surface area contributed by atoms with Gasteiger partial charge in [0.15, 0.2) is 0 Å². The molecular weight excluding hydrogens is 230 g/mol. The van der Waals surface area contributed by atoms with Crippen molar-refractivity contribution in [1.29, 1.82) is 0 Å². The molecule has 0 bridgehead atoms. The minimum atomic E-state index is -1.03. The van der Waals surface area contributed by atoms with Crippen LogP contribution in [-0.2, 0) is 4.74 Å². The molecule has 0 radical (unpaired) electrons. The molecule has 0 unspecified atom stereocenters. The number of rotatable bonds is 6. The molecule has 88 valence electrons. The van der Waals surface area contributed by atoms with Crippen LogP contribution in [0.25, 0.3) is 0 Å². The molecule has 4 nitrogen and oxygen atoms in total. The lowest BCUT2D eigenvalue weighted by Gasteiger charge is -2.10. The first kappa shape index (κ1) is 12.8. The predicted octanol–water partition coefficient (Wildman–Crippen LogP) is 2.49. The molecule has 0 saturated carbocycles. The van der Waals surface area contributed by atoms with Crippen LogP contribution in [0.3, 0.4) is 0 Å².